The molecule has 0 spiro atoms. The number of morpholine rings is 1. The molecule has 22 heavy (non-hydrogen) atoms. The quantitative estimate of drug-likeness (QED) is 0.817. The topological polar surface area (TPSA) is 54.5 Å². The number of ether oxygens (including phenoxy) is 1. The summed E-state index contributed by atoms with van der Waals surface area (Å²) in [5.41, 5.74) is 1.64. The van der Waals surface area contributed by atoms with Crippen molar-refractivity contribution in [2.75, 3.05) is 26.2 Å². The van der Waals surface area contributed by atoms with E-state index < -0.39 is 0 Å². The monoisotopic (exact) mass is 305 g/mol. The minimum atomic E-state index is -0.0372. The van der Waals surface area contributed by atoms with Crippen LogP contribution < -0.4 is 5.32 Å². The molecule has 5 heteroatoms. The summed E-state index contributed by atoms with van der Waals surface area (Å²) in [5, 5.41) is 2.96. The highest BCUT2D eigenvalue weighted by molar-refractivity contribution is 5.93. The van der Waals surface area contributed by atoms with Crippen molar-refractivity contribution in [1.82, 2.24) is 15.2 Å². The number of nitrogens with one attached hydrogen (secondary N) is 1. The lowest BCUT2D eigenvalue weighted by molar-refractivity contribution is -0.0681. The molecular formula is C17H27N3O2. The fraction of sp³-hybridized carbons (Fsp3) is 0.647. The van der Waals surface area contributed by atoms with Crippen molar-refractivity contribution in [1.29, 1.82) is 0 Å². The summed E-state index contributed by atoms with van der Waals surface area (Å²) in [7, 11) is 0. The third-order valence-corrected chi connectivity index (χ3v) is 3.82. The van der Waals surface area contributed by atoms with Gasteiger partial charge in [-0.25, -0.2) is 0 Å². The molecule has 1 aliphatic rings. The van der Waals surface area contributed by atoms with E-state index in [4.69, 9.17) is 4.74 Å². The molecule has 1 fully saturated rings. The maximum Gasteiger partial charge on any atom is 0.252 e. The molecule has 0 radical (unpaired) electrons. The van der Waals surface area contributed by atoms with Crippen LogP contribution in [0.4, 0.5) is 0 Å². The van der Waals surface area contributed by atoms with E-state index in [1.165, 1.54) is 0 Å². The molecule has 1 N–H and O–H groups in total. The van der Waals surface area contributed by atoms with Crippen molar-refractivity contribution < 1.29 is 9.53 Å². The van der Waals surface area contributed by atoms with Crippen molar-refractivity contribution in [2.45, 2.75) is 45.8 Å². The number of aromatic nitrogens is 1. The zero-order valence-electron chi connectivity index (χ0n) is 13.8. The molecule has 1 aromatic rings. The van der Waals surface area contributed by atoms with Gasteiger partial charge in [0.05, 0.1) is 17.8 Å². The van der Waals surface area contributed by atoms with Crippen LogP contribution in [0.25, 0.3) is 0 Å². The Morgan fingerprint density at radius 2 is 2.05 bits per heavy atom. The van der Waals surface area contributed by atoms with Gasteiger partial charge in [-0.2, -0.15) is 0 Å². The fourth-order valence-electron chi connectivity index (χ4n) is 2.91. The first-order valence-corrected chi connectivity index (χ1v) is 8.12. The first-order valence-electron chi connectivity index (χ1n) is 8.12. The van der Waals surface area contributed by atoms with Gasteiger partial charge in [-0.3, -0.25) is 14.7 Å². The molecule has 122 valence electrons. The van der Waals surface area contributed by atoms with E-state index in [0.717, 1.165) is 38.0 Å². The molecule has 2 heterocycles. The molecule has 1 saturated heterocycles. The zero-order chi connectivity index (χ0) is 15.9. The average molecular weight is 305 g/mol. The highest BCUT2D eigenvalue weighted by Gasteiger charge is 2.21. The maximum atomic E-state index is 12.0. The van der Waals surface area contributed by atoms with Crippen molar-refractivity contribution in [3.8, 4) is 0 Å². The Balaban J connectivity index is 1.62. The standard InChI is InChI=1S/C17H27N3O2/c1-13-8-16(10-18-9-13)17(21)19-6-4-5-7-20-11-14(2)22-15(3)12-20/h8-10,14-15H,4-7,11-12H2,1-3H3,(H,19,21)/t14-,15-/m1/s1. The van der Waals surface area contributed by atoms with E-state index in [-0.39, 0.29) is 5.91 Å². The Hall–Kier alpha value is -1.46. The number of carbonyl (C=O) groups is 1. The van der Waals surface area contributed by atoms with Gasteiger partial charge in [0.15, 0.2) is 0 Å². The molecular weight excluding hydrogens is 278 g/mol. The van der Waals surface area contributed by atoms with Crippen molar-refractivity contribution in [3.05, 3.63) is 29.6 Å². The van der Waals surface area contributed by atoms with Crippen LogP contribution >= 0.6 is 0 Å². The van der Waals surface area contributed by atoms with Crippen LogP contribution in [0.15, 0.2) is 18.5 Å². The number of aryl methyl sites for hydroxylation is 1. The smallest absolute Gasteiger partial charge is 0.252 e. The van der Waals surface area contributed by atoms with Crippen LogP contribution in [-0.2, 0) is 4.74 Å². The minimum Gasteiger partial charge on any atom is -0.373 e. The number of amides is 1. The molecule has 0 unspecified atom stereocenters. The number of hydrogen-bond donors (Lipinski definition) is 1. The van der Waals surface area contributed by atoms with Gasteiger partial charge in [0.2, 0.25) is 0 Å². The van der Waals surface area contributed by atoms with Gasteiger partial charge in [-0.05, 0) is 51.8 Å². The lowest BCUT2D eigenvalue weighted by Crippen LogP contribution is -2.45. The van der Waals surface area contributed by atoms with Crippen LogP contribution in [0, 0.1) is 6.92 Å². The van der Waals surface area contributed by atoms with Gasteiger partial charge < -0.3 is 10.1 Å². The fourth-order valence-corrected chi connectivity index (χ4v) is 2.91. The van der Waals surface area contributed by atoms with Crippen molar-refractivity contribution in [2.24, 2.45) is 0 Å². The van der Waals surface area contributed by atoms with Crippen LogP contribution in [0.1, 0.15) is 42.6 Å². The van der Waals surface area contributed by atoms with Gasteiger partial charge in [0.1, 0.15) is 0 Å². The van der Waals surface area contributed by atoms with Crippen LogP contribution in [0.3, 0.4) is 0 Å². The second-order valence-corrected chi connectivity index (χ2v) is 6.23. The first-order chi connectivity index (χ1) is 10.5. The summed E-state index contributed by atoms with van der Waals surface area (Å²) >= 11 is 0. The molecule has 2 rings (SSSR count). The van der Waals surface area contributed by atoms with E-state index in [1.807, 2.05) is 13.0 Å². The first kappa shape index (κ1) is 16.9. The SMILES string of the molecule is Cc1cncc(C(=O)NCCCCN2C[C@@H](C)O[C@H](C)C2)c1. The normalized spacial score (nSPS) is 22.5. The predicted molar refractivity (Wildman–Crippen MR) is 87.0 cm³/mol. The number of hydrogen-bond acceptors (Lipinski definition) is 4. The summed E-state index contributed by atoms with van der Waals surface area (Å²) in [6.07, 6.45) is 6.08. The Bertz CT molecular complexity index is 483. The summed E-state index contributed by atoms with van der Waals surface area (Å²) in [4.78, 5) is 18.5. The Morgan fingerprint density at radius 1 is 1.32 bits per heavy atom. The molecule has 0 bridgehead atoms. The number of pyridine rings is 1. The van der Waals surface area contributed by atoms with Gasteiger partial charge in [-0.15, -0.1) is 0 Å². The van der Waals surface area contributed by atoms with Gasteiger partial charge in [0.25, 0.3) is 5.91 Å². The molecule has 0 aromatic carbocycles. The summed E-state index contributed by atoms with van der Waals surface area (Å²) in [6, 6.07) is 1.86. The molecule has 1 amide bonds. The molecule has 0 saturated carbocycles. The number of nitrogens with zero attached hydrogens (tertiary/aromatic N) is 2. The third-order valence-electron chi connectivity index (χ3n) is 3.82. The largest absolute Gasteiger partial charge is 0.373 e. The van der Waals surface area contributed by atoms with E-state index in [9.17, 15) is 4.79 Å². The number of unbranched alkanes of at least 4 members (excludes halogenated alkanes) is 1. The van der Waals surface area contributed by atoms with Crippen LogP contribution in [-0.4, -0.2) is 54.2 Å². The lowest BCUT2D eigenvalue weighted by atomic mass is 10.2. The second kappa shape index (κ2) is 8.25. The molecule has 2 atom stereocenters. The predicted octanol–water partition coefficient (Wildman–Crippen LogP) is 2.01. The maximum absolute atomic E-state index is 12.0. The van der Waals surface area contributed by atoms with Crippen LogP contribution in [0.5, 0.6) is 0 Å². The average Bonchev–Trinajstić information content (AvgIpc) is 2.45. The molecule has 5 nitrogen and oxygen atoms in total. The van der Waals surface area contributed by atoms with Gasteiger partial charge >= 0.3 is 0 Å². The summed E-state index contributed by atoms with van der Waals surface area (Å²) < 4.78 is 5.73. The Labute approximate surface area is 133 Å². The van der Waals surface area contributed by atoms with Gasteiger partial charge in [0, 0.05) is 32.0 Å². The molecule has 1 aromatic heterocycles. The Morgan fingerprint density at radius 3 is 2.73 bits per heavy atom. The van der Waals surface area contributed by atoms with Crippen molar-refractivity contribution >= 4 is 5.91 Å². The van der Waals surface area contributed by atoms with E-state index >= 15 is 0 Å². The Kier molecular flexibility index (Phi) is 6.34. The van der Waals surface area contributed by atoms with E-state index in [0.29, 0.717) is 24.3 Å². The third kappa shape index (κ3) is 5.39. The minimum absolute atomic E-state index is 0.0372. The highest BCUT2D eigenvalue weighted by Crippen LogP contribution is 2.11. The van der Waals surface area contributed by atoms with E-state index in [2.05, 4.69) is 29.0 Å². The van der Waals surface area contributed by atoms with E-state index in [1.54, 1.807) is 12.4 Å². The van der Waals surface area contributed by atoms with Crippen LogP contribution in [0.2, 0.25) is 0 Å². The summed E-state index contributed by atoms with van der Waals surface area (Å²) in [6.45, 7) is 9.98. The van der Waals surface area contributed by atoms with Gasteiger partial charge in [-0.1, -0.05) is 0 Å². The number of carbonyl (C=O) groups excluding carboxylic acids is 1. The molecule has 1 aliphatic heterocycles. The number of rotatable bonds is 6. The lowest BCUT2D eigenvalue weighted by Gasteiger charge is -2.35. The highest BCUT2D eigenvalue weighted by atomic mass is 16.5. The molecule has 0 aliphatic carbocycles. The summed E-state index contributed by atoms with van der Waals surface area (Å²) in [5.74, 6) is -0.0372. The van der Waals surface area contributed by atoms with Crippen molar-refractivity contribution in [3.63, 3.8) is 0 Å². The second-order valence-electron chi connectivity index (χ2n) is 6.23. The zero-order valence-corrected chi connectivity index (χ0v) is 13.8.